The highest BCUT2D eigenvalue weighted by atomic mass is 32.2. The van der Waals surface area contributed by atoms with Crippen LogP contribution in [0.1, 0.15) is 38.8 Å². The average Bonchev–Trinajstić information content (AvgIpc) is 3.42. The number of nitrogens with two attached hydrogens (primary N) is 2. The van der Waals surface area contributed by atoms with E-state index < -0.39 is 47.4 Å². The van der Waals surface area contributed by atoms with Crippen LogP contribution in [0.25, 0.3) is 11.2 Å². The summed E-state index contributed by atoms with van der Waals surface area (Å²) in [6, 6.07) is -0.967. The maximum Gasteiger partial charge on any atom is 0.320 e. The van der Waals surface area contributed by atoms with Gasteiger partial charge in [-0.15, -0.1) is 0 Å². The van der Waals surface area contributed by atoms with Gasteiger partial charge in [0.2, 0.25) is 0 Å². The number of imidazole rings is 1. The second-order valence-electron chi connectivity index (χ2n) is 8.63. The maximum atomic E-state index is 11.2. The number of fused-ring (bicyclic) bond motifs is 1. The highest BCUT2D eigenvalue weighted by Crippen LogP contribution is 2.33. The van der Waals surface area contributed by atoms with Gasteiger partial charge >= 0.3 is 5.97 Å². The Labute approximate surface area is 213 Å². The summed E-state index contributed by atoms with van der Waals surface area (Å²) in [5.41, 5.74) is 12.3. The molecule has 3 heterocycles. The average molecular weight is 523 g/mol. The molecule has 2 aromatic heterocycles. The molecular weight excluding hydrogens is 486 g/mol. The smallest absolute Gasteiger partial charge is 0.320 e. The van der Waals surface area contributed by atoms with Crippen molar-refractivity contribution in [3.63, 3.8) is 0 Å². The molecule has 13 heteroatoms. The maximum absolute atomic E-state index is 11.2. The van der Waals surface area contributed by atoms with E-state index >= 15 is 0 Å². The number of hydrogen-bond donors (Lipinski definition) is 6. The zero-order valence-corrected chi connectivity index (χ0v) is 21.2. The van der Waals surface area contributed by atoms with Crippen molar-refractivity contribution >= 4 is 33.8 Å². The number of hydrogen-bond acceptors (Lipinski definition) is 10. The van der Waals surface area contributed by atoms with E-state index in [0.717, 1.165) is 19.4 Å². The molecule has 1 saturated heterocycles. The standard InChI is InChI=1S/C23H35N7O5S/c1-2-9-26-20-17-21(28-13-27-20)30(14-29-17)22-19(32)18(31)16(35-22)12-36(10-6-4-3-5-8-24)11-7-15(25)23(33)34/h13-16,18-19,22,31-32H,2-3,5,7-12,24-25H2,1H3,(H-,26,27,28,33,34)/p+1. The SMILES string of the molecule is CCCNc1ncnc2c1ncn2C1OC(C[S+](CC#CCCCN)CCC(N)C(=O)O)C(O)C1O. The van der Waals surface area contributed by atoms with Gasteiger partial charge in [0.1, 0.15) is 42.2 Å². The molecule has 0 bridgehead atoms. The molecular formula is C23H36N7O5S+. The van der Waals surface area contributed by atoms with Crippen molar-refractivity contribution in [2.75, 3.05) is 35.7 Å². The van der Waals surface area contributed by atoms with Crippen LogP contribution in [0.5, 0.6) is 0 Å². The number of aliphatic carboxylic acids is 1. The quantitative estimate of drug-likeness (QED) is 0.112. The minimum atomic E-state index is -1.20. The first kappa shape index (κ1) is 28.1. The lowest BCUT2D eigenvalue weighted by atomic mass is 10.1. The van der Waals surface area contributed by atoms with Crippen LogP contribution in [-0.2, 0) is 20.4 Å². The zero-order chi connectivity index (χ0) is 26.1. The van der Waals surface area contributed by atoms with Crippen molar-refractivity contribution in [3.8, 4) is 11.8 Å². The number of carbonyl (C=O) groups is 1. The van der Waals surface area contributed by atoms with E-state index in [9.17, 15) is 15.0 Å². The molecule has 0 aliphatic carbocycles. The molecule has 1 fully saturated rings. The van der Waals surface area contributed by atoms with Crippen LogP contribution >= 0.6 is 0 Å². The van der Waals surface area contributed by atoms with E-state index in [4.69, 9.17) is 21.3 Å². The van der Waals surface area contributed by atoms with E-state index in [1.807, 2.05) is 6.92 Å². The summed E-state index contributed by atoms with van der Waals surface area (Å²) in [5, 5.41) is 34.0. The second-order valence-corrected chi connectivity index (χ2v) is 10.9. The fourth-order valence-electron chi connectivity index (χ4n) is 3.80. The van der Waals surface area contributed by atoms with Crippen molar-refractivity contribution in [2.24, 2.45) is 11.5 Å². The molecule has 1 aliphatic heterocycles. The Morgan fingerprint density at radius 3 is 2.83 bits per heavy atom. The summed E-state index contributed by atoms with van der Waals surface area (Å²) in [6.45, 7) is 3.34. The Morgan fingerprint density at radius 1 is 1.31 bits per heavy atom. The number of nitrogens with one attached hydrogen (secondary N) is 1. The van der Waals surface area contributed by atoms with Crippen LogP contribution in [0.2, 0.25) is 0 Å². The molecule has 12 nitrogen and oxygen atoms in total. The lowest BCUT2D eigenvalue weighted by molar-refractivity contribution is -0.138. The van der Waals surface area contributed by atoms with Gasteiger partial charge in [0.15, 0.2) is 29.0 Å². The zero-order valence-electron chi connectivity index (χ0n) is 20.4. The summed E-state index contributed by atoms with van der Waals surface area (Å²) in [4.78, 5) is 24.1. The van der Waals surface area contributed by atoms with Crippen LogP contribution in [0, 0.1) is 11.8 Å². The van der Waals surface area contributed by atoms with Gasteiger partial charge in [-0.3, -0.25) is 9.36 Å². The lowest BCUT2D eigenvalue weighted by Crippen LogP contribution is -2.38. The fraction of sp³-hybridized carbons (Fsp3) is 0.652. The number of nitrogens with zero attached hydrogens (tertiary/aromatic N) is 4. The number of carboxylic acids is 1. The molecule has 0 radical (unpaired) electrons. The monoisotopic (exact) mass is 522 g/mol. The lowest BCUT2D eigenvalue weighted by Gasteiger charge is -2.16. The molecule has 0 aromatic carbocycles. The first-order valence-electron chi connectivity index (χ1n) is 12.1. The minimum absolute atomic E-state index is 0.286. The normalized spacial score (nSPS) is 23.2. The second kappa shape index (κ2) is 13.7. The highest BCUT2D eigenvalue weighted by Gasteiger charge is 2.47. The summed E-state index contributed by atoms with van der Waals surface area (Å²) >= 11 is 0. The molecule has 6 atom stereocenters. The van der Waals surface area contributed by atoms with Gasteiger partial charge in [0.25, 0.3) is 0 Å². The van der Waals surface area contributed by atoms with Crippen molar-refractivity contribution < 1.29 is 24.9 Å². The molecule has 0 amide bonds. The van der Waals surface area contributed by atoms with Crippen molar-refractivity contribution in [1.82, 2.24) is 19.5 Å². The largest absolute Gasteiger partial charge is 0.480 e. The number of aliphatic hydroxyl groups is 2. The van der Waals surface area contributed by atoms with Gasteiger partial charge < -0.3 is 36.8 Å². The molecule has 8 N–H and O–H groups in total. The molecule has 0 spiro atoms. The number of aliphatic hydroxyl groups excluding tert-OH is 2. The summed E-state index contributed by atoms with van der Waals surface area (Å²) in [5.74, 6) is 7.23. The number of ether oxygens (including phenoxy) is 1. The molecule has 6 unspecified atom stereocenters. The number of aromatic nitrogens is 4. The van der Waals surface area contributed by atoms with E-state index in [2.05, 4.69) is 32.1 Å². The number of anilines is 1. The van der Waals surface area contributed by atoms with Crippen LogP contribution in [0.15, 0.2) is 12.7 Å². The first-order chi connectivity index (χ1) is 17.4. The Kier molecular flexibility index (Phi) is 10.7. The Balaban J connectivity index is 1.73. The van der Waals surface area contributed by atoms with Gasteiger partial charge in [-0.05, 0) is 25.3 Å². The Morgan fingerprint density at radius 2 is 2.11 bits per heavy atom. The molecule has 36 heavy (non-hydrogen) atoms. The number of rotatable bonds is 13. The van der Waals surface area contributed by atoms with Crippen molar-refractivity contribution in [3.05, 3.63) is 12.7 Å². The Hall–Kier alpha value is -2.47. The topological polar surface area (TPSA) is 195 Å². The number of carboxylic acid groups (broad SMARTS) is 1. The number of unbranched alkanes of at least 4 members (excludes halogenated alkanes) is 1. The fourth-order valence-corrected chi connectivity index (χ4v) is 5.87. The summed E-state index contributed by atoms with van der Waals surface area (Å²) in [6.07, 6.45) is 1.75. The van der Waals surface area contributed by atoms with E-state index in [-0.39, 0.29) is 6.42 Å². The van der Waals surface area contributed by atoms with Crippen molar-refractivity contribution in [1.29, 1.82) is 0 Å². The van der Waals surface area contributed by atoms with Gasteiger partial charge in [-0.25, -0.2) is 15.0 Å². The first-order valence-corrected chi connectivity index (χ1v) is 13.8. The molecule has 198 valence electrons. The molecule has 1 aliphatic rings. The van der Waals surface area contributed by atoms with Crippen LogP contribution in [-0.4, -0.2) is 95.5 Å². The predicted octanol–water partition coefficient (Wildman–Crippen LogP) is -0.570. The van der Waals surface area contributed by atoms with E-state index in [0.29, 0.717) is 47.2 Å². The third kappa shape index (κ3) is 7.06. The van der Waals surface area contributed by atoms with Crippen LogP contribution in [0.3, 0.4) is 0 Å². The molecule has 2 aromatic rings. The van der Waals surface area contributed by atoms with Gasteiger partial charge in [-0.1, -0.05) is 12.8 Å². The minimum Gasteiger partial charge on any atom is -0.480 e. The van der Waals surface area contributed by atoms with Crippen molar-refractivity contribution in [2.45, 2.75) is 63.2 Å². The van der Waals surface area contributed by atoms with Gasteiger partial charge in [0.05, 0.1) is 6.33 Å². The van der Waals surface area contributed by atoms with Crippen LogP contribution < -0.4 is 16.8 Å². The summed E-state index contributed by atoms with van der Waals surface area (Å²) in [7, 11) is -0.394. The molecule has 3 rings (SSSR count). The van der Waals surface area contributed by atoms with Gasteiger partial charge in [-0.2, -0.15) is 0 Å². The Bertz CT molecular complexity index is 1060. The highest BCUT2D eigenvalue weighted by molar-refractivity contribution is 7.97. The molecule has 0 saturated carbocycles. The van der Waals surface area contributed by atoms with E-state index in [1.54, 1.807) is 4.57 Å². The van der Waals surface area contributed by atoms with Crippen LogP contribution in [0.4, 0.5) is 5.82 Å². The summed E-state index contributed by atoms with van der Waals surface area (Å²) < 4.78 is 7.73. The third-order valence-corrected chi connectivity index (χ3v) is 8.02. The van der Waals surface area contributed by atoms with E-state index in [1.165, 1.54) is 12.7 Å². The predicted molar refractivity (Wildman–Crippen MR) is 138 cm³/mol. The third-order valence-electron chi connectivity index (χ3n) is 5.85. The van der Waals surface area contributed by atoms with Gasteiger partial charge in [0, 0.05) is 30.3 Å².